The van der Waals surface area contributed by atoms with Gasteiger partial charge in [0.15, 0.2) is 0 Å². The van der Waals surface area contributed by atoms with E-state index in [2.05, 4.69) is 5.32 Å². The molecule has 2 atom stereocenters. The predicted octanol–water partition coefficient (Wildman–Crippen LogP) is 2.13. The number of urea groups is 1. The lowest BCUT2D eigenvalue weighted by atomic mass is 10.2. The quantitative estimate of drug-likeness (QED) is 0.895. The minimum Gasteiger partial charge on any atom is -0.480 e. The predicted molar refractivity (Wildman–Crippen MR) is 85.0 cm³/mol. The second kappa shape index (κ2) is 6.26. The maximum absolute atomic E-state index is 12.3. The first-order valence-corrected chi connectivity index (χ1v) is 7.66. The zero-order chi connectivity index (χ0) is 15.6. The number of carboxylic acids is 1. The highest BCUT2D eigenvalue weighted by atomic mass is 32.2. The molecule has 2 unspecified atom stereocenters. The van der Waals surface area contributed by atoms with E-state index < -0.39 is 12.0 Å². The van der Waals surface area contributed by atoms with E-state index in [0.717, 1.165) is 5.69 Å². The third kappa shape index (κ3) is 3.41. The Hall–Kier alpha value is -1.89. The highest BCUT2D eigenvalue weighted by Gasteiger charge is 2.39. The van der Waals surface area contributed by atoms with Crippen molar-refractivity contribution in [1.82, 2.24) is 4.90 Å². The molecule has 0 bridgehead atoms. The Bertz CT molecular complexity index is 533. The summed E-state index contributed by atoms with van der Waals surface area (Å²) in [4.78, 5) is 26.8. The van der Waals surface area contributed by atoms with Crippen LogP contribution >= 0.6 is 11.8 Å². The van der Waals surface area contributed by atoms with Gasteiger partial charge in [-0.25, -0.2) is 9.59 Å². The van der Waals surface area contributed by atoms with Gasteiger partial charge in [-0.1, -0.05) is 0 Å². The lowest BCUT2D eigenvalue weighted by Crippen LogP contribution is -2.46. The van der Waals surface area contributed by atoms with Crippen LogP contribution in [0, 0.1) is 0 Å². The van der Waals surface area contributed by atoms with Crippen LogP contribution in [0.25, 0.3) is 0 Å². The van der Waals surface area contributed by atoms with Crippen molar-refractivity contribution in [3.05, 3.63) is 24.3 Å². The Morgan fingerprint density at radius 1 is 1.33 bits per heavy atom. The molecule has 114 valence electrons. The fraction of sp³-hybridized carbons (Fsp3) is 0.429. The number of thioether (sulfide) groups is 1. The first-order chi connectivity index (χ1) is 9.90. The van der Waals surface area contributed by atoms with Crippen LogP contribution in [0.15, 0.2) is 24.3 Å². The van der Waals surface area contributed by atoms with Gasteiger partial charge < -0.3 is 15.3 Å². The number of hydrogen-bond acceptors (Lipinski definition) is 4. The number of carbonyl (C=O) groups is 2. The summed E-state index contributed by atoms with van der Waals surface area (Å²) < 4.78 is 0. The largest absolute Gasteiger partial charge is 0.480 e. The van der Waals surface area contributed by atoms with Gasteiger partial charge in [-0.3, -0.25) is 4.90 Å². The van der Waals surface area contributed by atoms with Crippen LogP contribution in [0.2, 0.25) is 0 Å². The van der Waals surface area contributed by atoms with Crippen molar-refractivity contribution in [2.24, 2.45) is 0 Å². The van der Waals surface area contributed by atoms with Crippen LogP contribution in [0.5, 0.6) is 0 Å². The number of hydrogen-bond donors (Lipinski definition) is 2. The molecule has 2 rings (SSSR count). The number of amides is 2. The Morgan fingerprint density at radius 3 is 2.48 bits per heavy atom. The molecule has 7 heteroatoms. The van der Waals surface area contributed by atoms with Crippen molar-refractivity contribution in [3.8, 4) is 0 Å². The number of nitrogens with zero attached hydrogens (tertiary/aromatic N) is 2. The van der Waals surface area contributed by atoms with E-state index in [4.69, 9.17) is 0 Å². The second-order valence-electron chi connectivity index (χ2n) is 5.07. The molecule has 0 aliphatic carbocycles. The van der Waals surface area contributed by atoms with Gasteiger partial charge in [-0.2, -0.15) is 0 Å². The average Bonchev–Trinajstić information content (AvgIpc) is 2.81. The molecule has 0 saturated carbocycles. The summed E-state index contributed by atoms with van der Waals surface area (Å²) in [5.41, 5.74) is 1.68. The van der Waals surface area contributed by atoms with E-state index in [1.807, 2.05) is 38.1 Å². The SMILES string of the molecule is CC1SCC(C(=O)O)N1C(=O)Nc1ccc(N(C)C)cc1. The van der Waals surface area contributed by atoms with E-state index in [-0.39, 0.29) is 11.4 Å². The fourth-order valence-electron chi connectivity index (χ4n) is 2.17. The first kappa shape index (κ1) is 15.5. The highest BCUT2D eigenvalue weighted by Crippen LogP contribution is 2.29. The van der Waals surface area contributed by atoms with E-state index in [1.165, 1.54) is 16.7 Å². The van der Waals surface area contributed by atoms with E-state index in [9.17, 15) is 14.7 Å². The molecule has 0 spiro atoms. The van der Waals surface area contributed by atoms with Crippen molar-refractivity contribution >= 4 is 35.1 Å². The van der Waals surface area contributed by atoms with Crippen molar-refractivity contribution in [2.45, 2.75) is 18.3 Å². The molecule has 1 aromatic carbocycles. The minimum absolute atomic E-state index is 0.146. The second-order valence-corrected chi connectivity index (χ2v) is 6.41. The monoisotopic (exact) mass is 309 g/mol. The molecule has 1 aliphatic heterocycles. The number of rotatable bonds is 3. The van der Waals surface area contributed by atoms with Crippen LogP contribution in [0.4, 0.5) is 16.2 Å². The highest BCUT2D eigenvalue weighted by molar-refractivity contribution is 8.00. The van der Waals surface area contributed by atoms with Gasteiger partial charge in [0.05, 0.1) is 5.37 Å². The number of aliphatic carboxylic acids is 1. The maximum Gasteiger partial charge on any atom is 0.327 e. The summed E-state index contributed by atoms with van der Waals surface area (Å²) in [6.45, 7) is 1.84. The molecule has 2 N–H and O–H groups in total. The third-order valence-electron chi connectivity index (χ3n) is 3.38. The van der Waals surface area contributed by atoms with E-state index in [0.29, 0.717) is 11.4 Å². The number of anilines is 2. The van der Waals surface area contributed by atoms with Crippen LogP contribution in [-0.4, -0.2) is 53.3 Å². The van der Waals surface area contributed by atoms with Crippen LogP contribution in [0.3, 0.4) is 0 Å². The summed E-state index contributed by atoms with van der Waals surface area (Å²) in [7, 11) is 3.88. The van der Waals surface area contributed by atoms with E-state index >= 15 is 0 Å². The van der Waals surface area contributed by atoms with Crippen LogP contribution < -0.4 is 10.2 Å². The number of benzene rings is 1. The summed E-state index contributed by atoms with van der Waals surface area (Å²) in [6.07, 6.45) is 0. The van der Waals surface area contributed by atoms with Crippen molar-refractivity contribution < 1.29 is 14.7 Å². The zero-order valence-electron chi connectivity index (χ0n) is 12.2. The van der Waals surface area contributed by atoms with Gasteiger partial charge in [0.1, 0.15) is 6.04 Å². The summed E-state index contributed by atoms with van der Waals surface area (Å²) in [5.74, 6) is -0.548. The minimum atomic E-state index is -0.968. The molecule has 2 amide bonds. The van der Waals surface area contributed by atoms with Gasteiger partial charge >= 0.3 is 12.0 Å². The standard InChI is InChI=1S/C14H19N3O3S/c1-9-17(12(8-21-9)13(18)19)14(20)15-10-4-6-11(7-5-10)16(2)3/h4-7,9,12H,8H2,1-3H3,(H,15,20)(H,18,19). The lowest BCUT2D eigenvalue weighted by molar-refractivity contribution is -0.141. The molecule has 0 radical (unpaired) electrons. The van der Waals surface area contributed by atoms with Crippen molar-refractivity contribution in [2.75, 3.05) is 30.1 Å². The third-order valence-corrected chi connectivity index (χ3v) is 4.60. The molecule has 1 heterocycles. The summed E-state index contributed by atoms with van der Waals surface area (Å²) >= 11 is 1.46. The van der Waals surface area contributed by atoms with E-state index in [1.54, 1.807) is 12.1 Å². The maximum atomic E-state index is 12.3. The van der Waals surface area contributed by atoms with Crippen molar-refractivity contribution in [3.63, 3.8) is 0 Å². The molecule has 6 nitrogen and oxygen atoms in total. The molecular formula is C14H19N3O3S. The molecule has 0 aromatic heterocycles. The molecule has 1 saturated heterocycles. The lowest BCUT2D eigenvalue weighted by Gasteiger charge is -2.25. The van der Waals surface area contributed by atoms with Gasteiger partial charge in [0, 0.05) is 31.2 Å². The van der Waals surface area contributed by atoms with Gasteiger partial charge in [-0.15, -0.1) is 11.8 Å². The number of nitrogens with one attached hydrogen (secondary N) is 1. The number of carbonyl (C=O) groups excluding carboxylic acids is 1. The topological polar surface area (TPSA) is 72.9 Å². The van der Waals surface area contributed by atoms with Gasteiger partial charge in [0.2, 0.25) is 0 Å². The summed E-state index contributed by atoms with van der Waals surface area (Å²) in [6, 6.07) is 6.25. The average molecular weight is 309 g/mol. The van der Waals surface area contributed by atoms with Crippen LogP contribution in [-0.2, 0) is 4.79 Å². The molecule has 21 heavy (non-hydrogen) atoms. The summed E-state index contributed by atoms with van der Waals surface area (Å²) in [5, 5.41) is 11.8. The normalized spacial score (nSPS) is 21.2. The molecular weight excluding hydrogens is 290 g/mol. The van der Waals surface area contributed by atoms with Gasteiger partial charge in [-0.05, 0) is 31.2 Å². The first-order valence-electron chi connectivity index (χ1n) is 6.61. The number of carboxylic acid groups (broad SMARTS) is 1. The Morgan fingerprint density at radius 2 is 1.95 bits per heavy atom. The smallest absolute Gasteiger partial charge is 0.327 e. The van der Waals surface area contributed by atoms with Gasteiger partial charge in [0.25, 0.3) is 0 Å². The molecule has 1 aliphatic rings. The Labute approximate surface area is 128 Å². The van der Waals surface area contributed by atoms with Crippen LogP contribution in [0.1, 0.15) is 6.92 Å². The fourth-order valence-corrected chi connectivity index (χ4v) is 3.34. The molecule has 1 aromatic rings. The molecule has 1 fully saturated rings. The van der Waals surface area contributed by atoms with Crippen molar-refractivity contribution in [1.29, 1.82) is 0 Å². The zero-order valence-corrected chi connectivity index (χ0v) is 13.1. The Kier molecular flexibility index (Phi) is 4.62. The Balaban J connectivity index is 2.08.